The van der Waals surface area contributed by atoms with Gasteiger partial charge in [0.15, 0.2) is 15.6 Å². The van der Waals surface area contributed by atoms with Crippen molar-refractivity contribution in [2.75, 3.05) is 28.9 Å². The van der Waals surface area contributed by atoms with Crippen LogP contribution in [0.15, 0.2) is 110 Å². The number of sulfone groups is 1. The molecule has 6 N–H and O–H groups in total. The molecule has 0 aliphatic heterocycles. The normalized spacial score (nSPS) is 12.4. The Hall–Kier alpha value is -6.11. The maximum atomic E-state index is 12.9. The first-order chi connectivity index (χ1) is 27.4. The minimum Gasteiger partial charge on any atom is -0.504 e. The van der Waals surface area contributed by atoms with Crippen LogP contribution in [0.5, 0.6) is 5.75 Å². The summed E-state index contributed by atoms with van der Waals surface area (Å²) in [6.07, 6.45) is 0.445. The maximum absolute atomic E-state index is 12.9. The highest BCUT2D eigenvalue weighted by molar-refractivity contribution is 7.91. The maximum Gasteiger partial charge on any atom is 0.337 e. The van der Waals surface area contributed by atoms with Crippen LogP contribution in [-0.2, 0) is 40.0 Å². The lowest BCUT2D eigenvalue weighted by atomic mass is 10.1. The average molecular weight is 874 g/mol. The van der Waals surface area contributed by atoms with Crippen molar-refractivity contribution in [2.45, 2.75) is 28.9 Å². The topological polar surface area (TPSA) is 301 Å². The molecule has 0 aliphatic rings. The summed E-state index contributed by atoms with van der Waals surface area (Å²) < 4.78 is 87.5. The zero-order valence-electron chi connectivity index (χ0n) is 30.1. The summed E-state index contributed by atoms with van der Waals surface area (Å²) in [4.78, 5) is 23.8. The van der Waals surface area contributed by atoms with Crippen molar-refractivity contribution in [3.8, 4) is 5.75 Å². The molecule has 5 aromatic rings. The highest BCUT2D eigenvalue weighted by Crippen LogP contribution is 2.37. The van der Waals surface area contributed by atoms with Crippen LogP contribution in [0.3, 0.4) is 0 Å². The minimum absolute atomic E-state index is 0.00958. The number of aromatic carboxylic acids is 1. The van der Waals surface area contributed by atoms with Crippen LogP contribution in [0.2, 0.25) is 5.28 Å². The predicted molar refractivity (Wildman–Crippen MR) is 212 cm³/mol. The molecular formula is C34H32ClN9O11S3. The third-order valence-electron chi connectivity index (χ3n) is 7.60. The van der Waals surface area contributed by atoms with Gasteiger partial charge in [-0.1, -0.05) is 43.3 Å². The number of phenolic OH excluding ortho intramolecular Hbond substituents is 1. The number of halogens is 1. The summed E-state index contributed by atoms with van der Waals surface area (Å²) in [5, 5.41) is 38.5. The Kier molecular flexibility index (Phi) is 13.4. The molecule has 0 spiro atoms. The zero-order chi connectivity index (χ0) is 42.3. The molecule has 0 saturated carbocycles. The number of nitrogens with one attached hydrogen (secondary N) is 3. The van der Waals surface area contributed by atoms with E-state index < -0.39 is 52.4 Å². The van der Waals surface area contributed by atoms with Crippen molar-refractivity contribution in [1.82, 2.24) is 15.0 Å². The molecule has 58 heavy (non-hydrogen) atoms. The van der Waals surface area contributed by atoms with Crippen molar-refractivity contribution in [3.63, 3.8) is 0 Å². The number of aromatic nitrogens is 3. The highest BCUT2D eigenvalue weighted by atomic mass is 35.5. The summed E-state index contributed by atoms with van der Waals surface area (Å²) in [6.45, 7) is 1.75. The number of rotatable bonds is 16. The molecule has 24 heteroatoms. The first-order valence-corrected chi connectivity index (χ1v) is 21.5. The minimum atomic E-state index is -4.48. The Morgan fingerprint density at radius 1 is 0.845 bits per heavy atom. The number of benzene rings is 4. The third-order valence-corrected chi connectivity index (χ3v) is 11.7. The number of azo groups is 1. The van der Waals surface area contributed by atoms with Crippen LogP contribution in [0, 0.1) is 0 Å². The van der Waals surface area contributed by atoms with Crippen molar-refractivity contribution in [2.24, 2.45) is 15.3 Å². The van der Waals surface area contributed by atoms with E-state index >= 15 is 0 Å². The number of aromatic hydroxyl groups is 1. The van der Waals surface area contributed by atoms with E-state index in [0.717, 1.165) is 31.4 Å². The second kappa shape index (κ2) is 18.0. The fourth-order valence-corrected chi connectivity index (χ4v) is 7.76. The van der Waals surface area contributed by atoms with Crippen LogP contribution in [0.25, 0.3) is 0 Å². The summed E-state index contributed by atoms with van der Waals surface area (Å²) in [7, 11) is -11.5. The van der Waals surface area contributed by atoms with Gasteiger partial charge in [-0.25, -0.2) is 13.2 Å². The highest BCUT2D eigenvalue weighted by Gasteiger charge is 2.21. The van der Waals surface area contributed by atoms with Crippen molar-refractivity contribution < 1.29 is 49.0 Å². The lowest BCUT2D eigenvalue weighted by Gasteiger charge is -2.14. The molecule has 0 fully saturated rings. The van der Waals surface area contributed by atoms with Gasteiger partial charge in [-0.3, -0.25) is 14.2 Å². The summed E-state index contributed by atoms with van der Waals surface area (Å²) >= 11 is 6.16. The van der Waals surface area contributed by atoms with Gasteiger partial charge in [0.05, 0.1) is 33.9 Å². The summed E-state index contributed by atoms with van der Waals surface area (Å²) in [6, 6.07) is 19.2. The van der Waals surface area contributed by atoms with E-state index in [9.17, 15) is 44.8 Å². The van der Waals surface area contributed by atoms with Gasteiger partial charge in [0.2, 0.25) is 23.0 Å². The smallest absolute Gasteiger partial charge is 0.337 e. The van der Waals surface area contributed by atoms with Crippen molar-refractivity contribution in [3.05, 3.63) is 107 Å². The molecule has 0 atom stereocenters. The molecule has 0 bridgehead atoms. The Bertz CT molecular complexity index is 2740. The molecule has 0 radical (unpaired) electrons. The van der Waals surface area contributed by atoms with Gasteiger partial charge >= 0.3 is 5.97 Å². The number of amidine groups is 1. The average Bonchev–Trinajstić information content (AvgIpc) is 3.15. The van der Waals surface area contributed by atoms with Gasteiger partial charge < -0.3 is 20.8 Å². The lowest BCUT2D eigenvalue weighted by Crippen LogP contribution is -2.08. The fourth-order valence-electron chi connectivity index (χ4n) is 4.96. The number of phenols is 1. The van der Waals surface area contributed by atoms with Crippen molar-refractivity contribution >= 4 is 88.1 Å². The van der Waals surface area contributed by atoms with Gasteiger partial charge in [0.25, 0.3) is 20.2 Å². The number of carbonyl (C=O) groups is 1. The van der Waals surface area contributed by atoms with E-state index in [1.165, 1.54) is 30.3 Å². The molecule has 1 aromatic heterocycles. The SMILES string of the molecule is CCCS(=O)(=O)c1ccc(Nc2nc(Cl)nc(Nc3cc(S(=O)(=O)OC)cc(NN=C(N=Nc4cc(CS(=O)(=O)O)ccc4C(=O)O)c4ccccc4)c3O)n2)cc1. The van der Waals surface area contributed by atoms with Gasteiger partial charge in [-0.2, -0.15) is 36.9 Å². The number of anilines is 5. The lowest BCUT2D eigenvalue weighted by molar-refractivity contribution is 0.0697. The van der Waals surface area contributed by atoms with Crippen LogP contribution in [-0.4, -0.2) is 79.6 Å². The van der Waals surface area contributed by atoms with E-state index in [0.29, 0.717) is 17.7 Å². The van der Waals surface area contributed by atoms with E-state index in [-0.39, 0.29) is 61.9 Å². The number of hydrazone groups is 1. The zero-order valence-corrected chi connectivity index (χ0v) is 33.3. The molecule has 0 aliphatic carbocycles. The molecular weight excluding hydrogens is 842 g/mol. The molecule has 304 valence electrons. The van der Waals surface area contributed by atoms with Gasteiger partial charge in [0, 0.05) is 11.3 Å². The van der Waals surface area contributed by atoms with Crippen LogP contribution in [0.4, 0.5) is 34.6 Å². The molecule has 0 unspecified atom stereocenters. The first-order valence-electron chi connectivity index (χ1n) is 16.5. The Balaban J connectivity index is 1.51. The van der Waals surface area contributed by atoms with Crippen molar-refractivity contribution in [1.29, 1.82) is 0 Å². The standard InChI is InChI=1S/C34H32ClN9O11S3/c1-3-15-56(48,49)23-12-10-22(11-13-23)36-33-38-32(35)39-34(40-33)37-27-17-24(58(53,54)55-2)18-28(29(27)45)42-44-30(21-7-5-4-6-8-21)43-41-26-16-20(19-57(50,51)52)9-14-25(26)31(46)47/h4-14,16-18,42,45H,3,15,19H2,1-2H3,(H,46,47)(H,50,51,52)(H2,36,37,38,39,40). The van der Waals surface area contributed by atoms with E-state index in [2.05, 4.69) is 50.5 Å². The van der Waals surface area contributed by atoms with Crippen LogP contribution >= 0.6 is 11.6 Å². The summed E-state index contributed by atoms with van der Waals surface area (Å²) in [5.74, 6) is -3.49. The van der Waals surface area contributed by atoms with Gasteiger partial charge in [-0.15, -0.1) is 10.2 Å². The number of hydrogen-bond donors (Lipinski definition) is 6. The van der Waals surface area contributed by atoms with Gasteiger partial charge in [-0.05, 0) is 72.1 Å². The number of nitrogens with zero attached hydrogens (tertiary/aromatic N) is 6. The molecule has 5 rings (SSSR count). The molecule has 20 nitrogen and oxygen atoms in total. The fraction of sp³-hybridized carbons (Fsp3) is 0.147. The third kappa shape index (κ3) is 11.3. The number of carboxylic acids is 1. The molecule has 0 saturated heterocycles. The Morgan fingerprint density at radius 2 is 1.50 bits per heavy atom. The first kappa shape index (κ1) is 43.0. The number of carboxylic acid groups (broad SMARTS) is 1. The quantitative estimate of drug-likeness (QED) is 0.0128. The summed E-state index contributed by atoms with van der Waals surface area (Å²) in [5.41, 5.74) is 1.96. The second-order valence-electron chi connectivity index (χ2n) is 11.8. The Morgan fingerprint density at radius 3 is 2.12 bits per heavy atom. The second-order valence-corrected chi connectivity index (χ2v) is 17.4. The van der Waals surface area contributed by atoms with E-state index in [1.54, 1.807) is 37.3 Å². The van der Waals surface area contributed by atoms with Crippen LogP contribution in [0.1, 0.15) is 34.8 Å². The van der Waals surface area contributed by atoms with E-state index in [4.69, 9.17) is 11.6 Å². The van der Waals surface area contributed by atoms with Crippen LogP contribution < -0.4 is 16.1 Å². The number of hydrogen-bond acceptors (Lipinski definition) is 17. The predicted octanol–water partition coefficient (Wildman–Crippen LogP) is 5.88. The largest absolute Gasteiger partial charge is 0.504 e. The molecule has 4 aromatic carbocycles. The monoisotopic (exact) mass is 873 g/mol. The van der Waals surface area contributed by atoms with Gasteiger partial charge in [0.1, 0.15) is 17.1 Å². The van der Waals surface area contributed by atoms with E-state index in [1.807, 2.05) is 0 Å². The Labute approximate surface area is 336 Å². The molecule has 1 heterocycles. The molecule has 0 amide bonds.